The molecule has 0 aromatic heterocycles. The summed E-state index contributed by atoms with van der Waals surface area (Å²) in [6.45, 7) is 2.30. The zero-order chi connectivity index (χ0) is 15.9. The van der Waals surface area contributed by atoms with Gasteiger partial charge in [0.05, 0.1) is 0 Å². The lowest BCUT2D eigenvalue weighted by atomic mass is 10.1. The van der Waals surface area contributed by atoms with E-state index in [1.165, 1.54) is 23.8 Å². The first-order valence-corrected chi connectivity index (χ1v) is 7.19. The molecule has 0 fully saturated rings. The van der Waals surface area contributed by atoms with Crippen molar-refractivity contribution in [3.05, 3.63) is 65.2 Å². The van der Waals surface area contributed by atoms with E-state index in [-0.39, 0.29) is 48.5 Å². The monoisotopic (exact) mass is 431 g/mol. The third-order valence-corrected chi connectivity index (χ3v) is 3.34. The van der Waals surface area contributed by atoms with Crippen molar-refractivity contribution < 1.29 is 8.78 Å². The van der Waals surface area contributed by atoms with Crippen LogP contribution in [0.4, 0.5) is 14.5 Å². The Morgan fingerprint density at radius 3 is 2.26 bits per heavy atom. The van der Waals surface area contributed by atoms with E-state index in [4.69, 9.17) is 5.73 Å². The lowest BCUT2D eigenvalue weighted by Crippen LogP contribution is -2.23. The number of guanidine groups is 1. The third-order valence-electron chi connectivity index (χ3n) is 3.34. The molecule has 0 heterocycles. The number of nitrogens with zero attached hydrogens (tertiary/aromatic N) is 1. The first kappa shape index (κ1) is 19.3. The molecule has 0 spiro atoms. The van der Waals surface area contributed by atoms with Crippen molar-refractivity contribution in [1.29, 1.82) is 0 Å². The minimum Gasteiger partial charge on any atom is -0.370 e. The highest BCUT2D eigenvalue weighted by molar-refractivity contribution is 14.0. The molecule has 2 aromatic carbocycles. The second kappa shape index (κ2) is 9.44. The molecule has 3 N–H and O–H groups in total. The van der Waals surface area contributed by atoms with Crippen LogP contribution < -0.4 is 11.1 Å². The van der Waals surface area contributed by atoms with Gasteiger partial charge in [-0.15, -0.1) is 24.0 Å². The van der Waals surface area contributed by atoms with Crippen molar-refractivity contribution in [3.8, 4) is 0 Å². The fourth-order valence-electron chi connectivity index (χ4n) is 2.07. The van der Waals surface area contributed by atoms with Gasteiger partial charge in [0.2, 0.25) is 0 Å². The van der Waals surface area contributed by atoms with Crippen LogP contribution in [0, 0.1) is 11.6 Å². The Kier molecular flexibility index (Phi) is 7.94. The van der Waals surface area contributed by atoms with E-state index in [0.29, 0.717) is 0 Å². The predicted octanol–water partition coefficient (Wildman–Crippen LogP) is 4.11. The average Bonchev–Trinajstić information content (AvgIpc) is 2.51. The van der Waals surface area contributed by atoms with Crippen LogP contribution in [0.5, 0.6) is 0 Å². The molecule has 0 bridgehead atoms. The van der Waals surface area contributed by atoms with Crippen LogP contribution in [0.1, 0.15) is 18.1 Å². The number of nitrogens with one attached hydrogen (secondary N) is 1. The Morgan fingerprint density at radius 2 is 1.70 bits per heavy atom. The fourth-order valence-corrected chi connectivity index (χ4v) is 2.07. The van der Waals surface area contributed by atoms with Crippen molar-refractivity contribution in [2.75, 3.05) is 11.9 Å². The Bertz CT molecular complexity index is 637. The van der Waals surface area contributed by atoms with Crippen LogP contribution in [-0.2, 0) is 12.8 Å². The quantitative estimate of drug-likeness (QED) is 0.425. The van der Waals surface area contributed by atoms with E-state index in [2.05, 4.69) is 17.2 Å². The van der Waals surface area contributed by atoms with Gasteiger partial charge in [0.25, 0.3) is 0 Å². The molecule has 0 atom stereocenters. The molecule has 0 amide bonds. The summed E-state index contributed by atoms with van der Waals surface area (Å²) in [6.07, 6.45) is 1.13. The number of aryl methyl sites for hydroxylation is 1. The number of hydrogen-bond donors (Lipinski definition) is 2. The number of rotatable bonds is 5. The maximum absolute atomic E-state index is 13.5. The smallest absolute Gasteiger partial charge is 0.193 e. The molecule has 0 aliphatic rings. The van der Waals surface area contributed by atoms with Crippen LogP contribution in [0.3, 0.4) is 0 Å². The molecule has 3 nitrogen and oxygen atoms in total. The Labute approximate surface area is 152 Å². The lowest BCUT2D eigenvalue weighted by molar-refractivity contribution is 0.556. The summed E-state index contributed by atoms with van der Waals surface area (Å²) < 4.78 is 26.9. The highest BCUT2D eigenvalue weighted by atomic mass is 127. The highest BCUT2D eigenvalue weighted by Crippen LogP contribution is 2.13. The summed E-state index contributed by atoms with van der Waals surface area (Å²) in [5.74, 6) is -0.894. The number of nitrogens with two attached hydrogens (primary N) is 1. The number of hydrogen-bond acceptors (Lipinski definition) is 1. The van der Waals surface area contributed by atoms with Gasteiger partial charge in [-0.3, -0.25) is 4.99 Å². The Balaban J connectivity index is 0.00000264. The van der Waals surface area contributed by atoms with E-state index >= 15 is 0 Å². The van der Waals surface area contributed by atoms with Gasteiger partial charge in [-0.05, 0) is 42.7 Å². The van der Waals surface area contributed by atoms with Gasteiger partial charge in [-0.1, -0.05) is 25.1 Å². The van der Waals surface area contributed by atoms with E-state index in [1.807, 2.05) is 24.3 Å². The van der Waals surface area contributed by atoms with Crippen molar-refractivity contribution >= 4 is 35.6 Å². The molecule has 124 valence electrons. The Morgan fingerprint density at radius 1 is 1.09 bits per heavy atom. The van der Waals surface area contributed by atoms with E-state index in [1.54, 1.807) is 0 Å². The van der Waals surface area contributed by atoms with Gasteiger partial charge in [0.15, 0.2) is 5.96 Å². The zero-order valence-corrected chi connectivity index (χ0v) is 15.2. The normalized spacial score (nSPS) is 11.0. The van der Waals surface area contributed by atoms with Crippen molar-refractivity contribution in [2.24, 2.45) is 10.7 Å². The zero-order valence-electron chi connectivity index (χ0n) is 12.9. The van der Waals surface area contributed by atoms with Gasteiger partial charge in [-0.2, -0.15) is 0 Å². The van der Waals surface area contributed by atoms with Gasteiger partial charge in [0, 0.05) is 17.8 Å². The number of benzene rings is 2. The second-order valence-corrected chi connectivity index (χ2v) is 4.89. The van der Waals surface area contributed by atoms with Gasteiger partial charge < -0.3 is 11.1 Å². The van der Waals surface area contributed by atoms with Crippen LogP contribution in [0.15, 0.2) is 47.5 Å². The minimum absolute atomic E-state index is 0. The van der Waals surface area contributed by atoms with Gasteiger partial charge in [0.1, 0.15) is 11.6 Å². The van der Waals surface area contributed by atoms with Crippen molar-refractivity contribution in [1.82, 2.24) is 0 Å². The largest absolute Gasteiger partial charge is 0.370 e. The van der Waals surface area contributed by atoms with E-state index < -0.39 is 11.6 Å². The summed E-state index contributed by atoms with van der Waals surface area (Å²) in [4.78, 5) is 4.09. The predicted molar refractivity (Wildman–Crippen MR) is 101 cm³/mol. The molecule has 2 rings (SSSR count). The summed E-state index contributed by atoms with van der Waals surface area (Å²) in [7, 11) is 0. The average molecular weight is 431 g/mol. The molecule has 0 saturated carbocycles. The summed E-state index contributed by atoms with van der Waals surface area (Å²) in [5.41, 5.74) is 7.86. The third kappa shape index (κ3) is 5.78. The Hall–Kier alpha value is -1.70. The highest BCUT2D eigenvalue weighted by Gasteiger charge is 2.07. The molecule has 0 aliphatic heterocycles. The van der Waals surface area contributed by atoms with Crippen LogP contribution in [0.25, 0.3) is 0 Å². The number of anilines is 1. The standard InChI is InChI=1S/C17H19F2N3.HI/c1-2-12-6-8-13(9-7-12)22-17(20)21-11-10-14-15(18)4-3-5-16(14)19;/h3-9H,2,10-11H2,1H3,(H3,20,21,22);1H. The van der Waals surface area contributed by atoms with Crippen molar-refractivity contribution in [2.45, 2.75) is 19.8 Å². The number of aliphatic imine (C=N–C) groups is 1. The molecule has 0 radical (unpaired) electrons. The molecular weight excluding hydrogens is 411 g/mol. The minimum atomic E-state index is -0.558. The van der Waals surface area contributed by atoms with E-state index in [0.717, 1.165) is 12.1 Å². The van der Waals surface area contributed by atoms with Crippen LogP contribution >= 0.6 is 24.0 Å². The molecule has 0 saturated heterocycles. The molecule has 0 unspecified atom stereocenters. The van der Waals surface area contributed by atoms with Gasteiger partial charge in [-0.25, -0.2) is 8.78 Å². The lowest BCUT2D eigenvalue weighted by Gasteiger charge is -2.07. The SMILES string of the molecule is CCc1ccc(NC(N)=NCCc2c(F)cccc2F)cc1.I. The van der Waals surface area contributed by atoms with Crippen LogP contribution in [0.2, 0.25) is 0 Å². The molecule has 0 aliphatic carbocycles. The molecular formula is C17H20F2IN3. The van der Waals surface area contributed by atoms with E-state index in [9.17, 15) is 8.78 Å². The summed E-state index contributed by atoms with van der Waals surface area (Å²) in [5, 5.41) is 2.95. The molecule has 2 aromatic rings. The molecule has 6 heteroatoms. The van der Waals surface area contributed by atoms with Crippen molar-refractivity contribution in [3.63, 3.8) is 0 Å². The summed E-state index contributed by atoms with van der Waals surface area (Å²) >= 11 is 0. The van der Waals surface area contributed by atoms with Crippen LogP contribution in [-0.4, -0.2) is 12.5 Å². The topological polar surface area (TPSA) is 50.4 Å². The maximum atomic E-state index is 13.5. The summed E-state index contributed by atoms with van der Waals surface area (Å²) in [6, 6.07) is 11.6. The maximum Gasteiger partial charge on any atom is 0.193 e. The fraction of sp³-hybridized carbons (Fsp3) is 0.235. The molecule has 23 heavy (non-hydrogen) atoms. The number of halogens is 3. The van der Waals surface area contributed by atoms with Gasteiger partial charge >= 0.3 is 0 Å². The first-order valence-electron chi connectivity index (χ1n) is 7.19. The second-order valence-electron chi connectivity index (χ2n) is 4.89. The first-order chi connectivity index (χ1) is 10.6.